The Labute approximate surface area is 368 Å². The van der Waals surface area contributed by atoms with Crippen LogP contribution in [0.25, 0.3) is 0 Å². The minimum atomic E-state index is -0.759. The van der Waals surface area contributed by atoms with Crippen LogP contribution in [0.2, 0.25) is 0 Å². The first-order chi connectivity index (χ1) is 28.9. The monoisotopic (exact) mass is 835 g/mol. The average molecular weight is 835 g/mol. The van der Waals surface area contributed by atoms with Gasteiger partial charge < -0.3 is 14.2 Å². The molecular formula is C53H102O6. The normalized spacial score (nSPS) is 12.4. The molecule has 0 aromatic heterocycles. The molecule has 0 aliphatic carbocycles. The molecule has 1 unspecified atom stereocenters. The van der Waals surface area contributed by atoms with Crippen LogP contribution in [0.3, 0.4) is 0 Å². The van der Waals surface area contributed by atoms with Gasteiger partial charge in [0, 0.05) is 19.3 Å². The minimum Gasteiger partial charge on any atom is -0.462 e. The van der Waals surface area contributed by atoms with E-state index in [4.69, 9.17) is 14.2 Å². The Morgan fingerprint density at radius 1 is 0.339 bits per heavy atom. The highest BCUT2D eigenvalue weighted by molar-refractivity contribution is 5.71. The van der Waals surface area contributed by atoms with E-state index in [2.05, 4.69) is 27.7 Å². The Morgan fingerprint density at radius 3 is 0.881 bits per heavy atom. The van der Waals surface area contributed by atoms with Crippen LogP contribution in [0.15, 0.2) is 0 Å². The van der Waals surface area contributed by atoms with Gasteiger partial charge in [-0.3, -0.25) is 14.4 Å². The summed E-state index contributed by atoms with van der Waals surface area (Å²) in [5, 5.41) is 0. The van der Waals surface area contributed by atoms with Crippen molar-refractivity contribution in [2.75, 3.05) is 13.2 Å². The predicted molar refractivity (Wildman–Crippen MR) is 252 cm³/mol. The molecule has 0 radical (unpaired) electrons. The number of carbonyl (C=O) groups excluding carboxylic acids is 3. The van der Waals surface area contributed by atoms with Crippen molar-refractivity contribution in [3.8, 4) is 0 Å². The average Bonchev–Trinajstić information content (AvgIpc) is 3.23. The third-order valence-electron chi connectivity index (χ3n) is 12.4. The van der Waals surface area contributed by atoms with Crippen LogP contribution in [0.1, 0.15) is 297 Å². The van der Waals surface area contributed by atoms with E-state index in [9.17, 15) is 14.4 Å². The summed E-state index contributed by atoms with van der Waals surface area (Å²) in [5.74, 6) is 0.0581. The van der Waals surface area contributed by atoms with Crippen LogP contribution in [-0.4, -0.2) is 37.2 Å². The van der Waals surface area contributed by atoms with Gasteiger partial charge in [-0.25, -0.2) is 0 Å². The van der Waals surface area contributed by atoms with E-state index in [1.54, 1.807) is 0 Å². The van der Waals surface area contributed by atoms with Crippen LogP contribution in [-0.2, 0) is 28.6 Å². The van der Waals surface area contributed by atoms with Gasteiger partial charge in [-0.05, 0) is 25.2 Å². The third kappa shape index (κ3) is 45.8. The zero-order chi connectivity index (χ0) is 43.1. The number of hydrogen-bond donors (Lipinski definition) is 0. The van der Waals surface area contributed by atoms with Gasteiger partial charge >= 0.3 is 17.9 Å². The molecule has 59 heavy (non-hydrogen) atoms. The van der Waals surface area contributed by atoms with Gasteiger partial charge in [0.1, 0.15) is 13.2 Å². The molecule has 0 fully saturated rings. The molecule has 0 amide bonds. The highest BCUT2D eigenvalue weighted by atomic mass is 16.6. The zero-order valence-corrected chi connectivity index (χ0v) is 40.2. The summed E-state index contributed by atoms with van der Waals surface area (Å²) in [7, 11) is 0. The highest BCUT2D eigenvalue weighted by Gasteiger charge is 2.19. The lowest BCUT2D eigenvalue weighted by Crippen LogP contribution is -2.30. The molecule has 0 aliphatic rings. The van der Waals surface area contributed by atoms with Crippen LogP contribution >= 0.6 is 0 Å². The van der Waals surface area contributed by atoms with Gasteiger partial charge in [-0.1, -0.05) is 259 Å². The van der Waals surface area contributed by atoms with Crippen molar-refractivity contribution in [2.45, 2.75) is 303 Å². The Hall–Kier alpha value is -1.59. The second-order valence-electron chi connectivity index (χ2n) is 18.4. The first-order valence-electron chi connectivity index (χ1n) is 26.4. The predicted octanol–water partition coefficient (Wildman–Crippen LogP) is 17.1. The lowest BCUT2D eigenvalue weighted by molar-refractivity contribution is -0.167. The molecule has 0 bridgehead atoms. The van der Waals surface area contributed by atoms with Gasteiger partial charge in [0.05, 0.1) is 0 Å². The van der Waals surface area contributed by atoms with E-state index in [0.717, 1.165) is 63.7 Å². The van der Waals surface area contributed by atoms with Crippen molar-refractivity contribution >= 4 is 17.9 Å². The maximum Gasteiger partial charge on any atom is 0.306 e. The summed E-state index contributed by atoms with van der Waals surface area (Å²) < 4.78 is 16.7. The molecule has 0 heterocycles. The van der Waals surface area contributed by atoms with Crippen molar-refractivity contribution in [1.29, 1.82) is 0 Å². The van der Waals surface area contributed by atoms with E-state index in [-0.39, 0.29) is 31.1 Å². The summed E-state index contributed by atoms with van der Waals surface area (Å²) >= 11 is 0. The molecule has 0 aliphatic heterocycles. The quantitative estimate of drug-likeness (QED) is 0.0345. The lowest BCUT2D eigenvalue weighted by Gasteiger charge is -2.18. The Kier molecular flexibility index (Phi) is 46.2. The fourth-order valence-corrected chi connectivity index (χ4v) is 8.01. The molecular weight excluding hydrogens is 733 g/mol. The van der Waals surface area contributed by atoms with Gasteiger partial charge in [0.25, 0.3) is 0 Å². The van der Waals surface area contributed by atoms with Crippen LogP contribution < -0.4 is 0 Å². The number of carbonyl (C=O) groups is 3. The topological polar surface area (TPSA) is 78.9 Å². The van der Waals surface area contributed by atoms with Crippen LogP contribution in [0, 0.1) is 5.92 Å². The molecule has 0 saturated heterocycles. The molecule has 0 spiro atoms. The Balaban J connectivity index is 4.12. The summed E-state index contributed by atoms with van der Waals surface area (Å²) in [6.45, 7) is 9.04. The molecule has 6 heteroatoms. The Morgan fingerprint density at radius 2 is 0.593 bits per heavy atom. The van der Waals surface area contributed by atoms with Crippen molar-refractivity contribution in [1.82, 2.24) is 0 Å². The van der Waals surface area contributed by atoms with Gasteiger partial charge in [0.15, 0.2) is 6.10 Å². The third-order valence-corrected chi connectivity index (χ3v) is 12.4. The molecule has 6 nitrogen and oxygen atoms in total. The van der Waals surface area contributed by atoms with Crippen molar-refractivity contribution in [2.24, 2.45) is 5.92 Å². The second kappa shape index (κ2) is 47.5. The van der Waals surface area contributed by atoms with Crippen LogP contribution in [0.5, 0.6) is 0 Å². The van der Waals surface area contributed by atoms with Crippen LogP contribution in [0.4, 0.5) is 0 Å². The standard InChI is InChI=1S/C53H102O6/c1-5-8-10-12-14-15-16-26-29-33-37-41-45-52(55)58-48-50(47-57-51(54)44-40-36-31-13-11-9-6-2)59-53(56)46-42-38-34-30-27-24-22-20-18-17-19-21-23-25-28-32-35-39-43-49(4)7-3/h49-50H,5-48H2,1-4H3/t49?,50-/m1/s1. The zero-order valence-electron chi connectivity index (χ0n) is 40.2. The largest absolute Gasteiger partial charge is 0.462 e. The molecule has 350 valence electrons. The van der Waals surface area contributed by atoms with Gasteiger partial charge in [-0.2, -0.15) is 0 Å². The summed E-state index contributed by atoms with van der Waals surface area (Å²) in [4.78, 5) is 37.8. The van der Waals surface area contributed by atoms with Crippen molar-refractivity contribution in [3.05, 3.63) is 0 Å². The summed E-state index contributed by atoms with van der Waals surface area (Å²) in [5.41, 5.74) is 0. The molecule has 0 aromatic carbocycles. The maximum atomic E-state index is 12.8. The van der Waals surface area contributed by atoms with E-state index in [1.807, 2.05) is 0 Å². The summed E-state index contributed by atoms with van der Waals surface area (Å²) in [6, 6.07) is 0. The smallest absolute Gasteiger partial charge is 0.306 e. The first kappa shape index (κ1) is 57.4. The molecule has 0 saturated carbocycles. The fraction of sp³-hybridized carbons (Fsp3) is 0.943. The van der Waals surface area contributed by atoms with E-state index < -0.39 is 6.10 Å². The van der Waals surface area contributed by atoms with Crippen molar-refractivity contribution < 1.29 is 28.6 Å². The number of hydrogen-bond acceptors (Lipinski definition) is 6. The minimum absolute atomic E-state index is 0.0631. The summed E-state index contributed by atoms with van der Waals surface area (Å²) in [6.07, 6.45) is 49.6. The Bertz CT molecular complexity index is 889. The number of unbranched alkanes of at least 4 members (excludes halogenated alkanes) is 34. The number of ether oxygens (including phenoxy) is 3. The van der Waals surface area contributed by atoms with Gasteiger partial charge in [0.2, 0.25) is 0 Å². The highest BCUT2D eigenvalue weighted by Crippen LogP contribution is 2.18. The van der Waals surface area contributed by atoms with E-state index in [1.165, 1.54) is 193 Å². The fourth-order valence-electron chi connectivity index (χ4n) is 8.01. The molecule has 2 atom stereocenters. The molecule has 0 rings (SSSR count). The second-order valence-corrected chi connectivity index (χ2v) is 18.4. The maximum absolute atomic E-state index is 12.8. The van der Waals surface area contributed by atoms with Gasteiger partial charge in [-0.15, -0.1) is 0 Å². The van der Waals surface area contributed by atoms with E-state index >= 15 is 0 Å². The molecule has 0 aromatic rings. The van der Waals surface area contributed by atoms with E-state index in [0.29, 0.717) is 19.3 Å². The van der Waals surface area contributed by atoms with Crippen molar-refractivity contribution in [3.63, 3.8) is 0 Å². The lowest BCUT2D eigenvalue weighted by atomic mass is 9.99. The number of rotatable bonds is 48. The first-order valence-corrected chi connectivity index (χ1v) is 26.4. The molecule has 0 N–H and O–H groups in total. The number of esters is 3. The SMILES string of the molecule is CCCCCCCCCCCCCCC(=O)OC[C@@H](COC(=O)CCCCCCCCC)OC(=O)CCCCCCCCCCCCCCCCCCCCC(C)CC.